The molecule has 4 heterocycles. The number of ether oxygens (including phenoxy) is 1. The Bertz CT molecular complexity index is 1360. The van der Waals surface area contributed by atoms with Gasteiger partial charge in [-0.15, -0.1) is 5.10 Å². The molecule has 40 heavy (non-hydrogen) atoms. The highest BCUT2D eigenvalue weighted by Crippen LogP contribution is 2.50. The molecule has 2 aliphatic carbocycles. The lowest BCUT2D eigenvalue weighted by molar-refractivity contribution is 0.0984. The van der Waals surface area contributed by atoms with Crippen LogP contribution < -0.4 is 14.4 Å². The second kappa shape index (κ2) is 10.8. The Morgan fingerprint density at radius 1 is 1.18 bits per heavy atom. The van der Waals surface area contributed by atoms with Crippen LogP contribution in [0.2, 0.25) is 0 Å². The quantitative estimate of drug-likeness (QED) is 0.305. The SMILES string of the molecule is Cc1nn(C)cc1SNC(=O)c1ccc(-n2ccc(OCCC(C3CC3)C3CC3)n2)nc1N1CC(C)CC1(C)C. The van der Waals surface area contributed by atoms with Gasteiger partial charge in [-0.1, -0.05) is 6.92 Å². The molecule has 0 radical (unpaired) electrons. The van der Waals surface area contributed by atoms with E-state index in [-0.39, 0.29) is 11.4 Å². The maximum absolute atomic E-state index is 13.5. The molecular formula is C30H41N7O2S. The minimum atomic E-state index is -0.178. The molecule has 1 N–H and O–H groups in total. The van der Waals surface area contributed by atoms with Gasteiger partial charge in [0.25, 0.3) is 5.91 Å². The Kier molecular flexibility index (Phi) is 7.31. The summed E-state index contributed by atoms with van der Waals surface area (Å²) in [5.74, 6) is 4.98. The van der Waals surface area contributed by atoms with Crippen LogP contribution in [0.5, 0.6) is 5.88 Å². The van der Waals surface area contributed by atoms with E-state index in [0.29, 0.717) is 35.6 Å². The van der Waals surface area contributed by atoms with E-state index in [1.54, 1.807) is 9.36 Å². The van der Waals surface area contributed by atoms with Crippen molar-refractivity contribution in [2.75, 3.05) is 18.1 Å². The number of carbonyl (C=O) groups is 1. The Labute approximate surface area is 241 Å². The maximum Gasteiger partial charge on any atom is 0.265 e. The van der Waals surface area contributed by atoms with Gasteiger partial charge in [0.15, 0.2) is 5.82 Å². The van der Waals surface area contributed by atoms with Crippen molar-refractivity contribution in [2.24, 2.45) is 30.7 Å². The summed E-state index contributed by atoms with van der Waals surface area (Å²) in [6.07, 6.45) is 11.5. The molecule has 3 aromatic heterocycles. The van der Waals surface area contributed by atoms with E-state index in [1.165, 1.54) is 37.6 Å². The van der Waals surface area contributed by atoms with E-state index in [1.807, 2.05) is 44.6 Å². The Balaban J connectivity index is 1.20. The Morgan fingerprint density at radius 3 is 2.55 bits per heavy atom. The highest BCUT2D eigenvalue weighted by molar-refractivity contribution is 7.98. The molecule has 3 aliphatic rings. The second-order valence-corrected chi connectivity index (χ2v) is 13.5. The lowest BCUT2D eigenvalue weighted by atomic mass is 9.95. The zero-order valence-corrected chi connectivity index (χ0v) is 25.1. The summed E-state index contributed by atoms with van der Waals surface area (Å²) in [5, 5.41) is 9.05. The maximum atomic E-state index is 13.5. The van der Waals surface area contributed by atoms with Crippen LogP contribution in [0, 0.1) is 30.6 Å². The van der Waals surface area contributed by atoms with Gasteiger partial charge in [0.05, 0.1) is 22.8 Å². The zero-order valence-electron chi connectivity index (χ0n) is 24.3. The van der Waals surface area contributed by atoms with E-state index in [4.69, 9.17) is 9.72 Å². The highest BCUT2D eigenvalue weighted by Gasteiger charge is 2.41. The predicted octanol–water partition coefficient (Wildman–Crippen LogP) is 5.58. The molecule has 1 atom stereocenters. The van der Waals surface area contributed by atoms with Crippen LogP contribution in [-0.4, -0.2) is 49.1 Å². The van der Waals surface area contributed by atoms with Crippen molar-refractivity contribution >= 4 is 23.7 Å². The number of nitrogens with one attached hydrogen (secondary N) is 1. The summed E-state index contributed by atoms with van der Waals surface area (Å²) in [4.78, 5) is 21.7. The van der Waals surface area contributed by atoms with E-state index in [2.05, 4.69) is 40.6 Å². The Morgan fingerprint density at radius 2 is 1.93 bits per heavy atom. The molecule has 3 fully saturated rings. The molecule has 10 heteroatoms. The van der Waals surface area contributed by atoms with E-state index >= 15 is 0 Å². The fraction of sp³-hybridized carbons (Fsp3) is 0.600. The minimum Gasteiger partial charge on any atom is -0.477 e. The lowest BCUT2D eigenvalue weighted by Crippen LogP contribution is -2.40. The fourth-order valence-electron chi connectivity index (χ4n) is 6.46. The average molecular weight is 564 g/mol. The van der Waals surface area contributed by atoms with Gasteiger partial charge in [-0.2, -0.15) is 5.10 Å². The zero-order chi connectivity index (χ0) is 28.0. The summed E-state index contributed by atoms with van der Waals surface area (Å²) in [5.41, 5.74) is 1.31. The molecule has 1 aliphatic heterocycles. The van der Waals surface area contributed by atoms with Crippen LogP contribution in [0.1, 0.15) is 75.3 Å². The van der Waals surface area contributed by atoms with Crippen molar-refractivity contribution in [3.8, 4) is 11.7 Å². The molecule has 1 saturated heterocycles. The molecule has 1 amide bonds. The van der Waals surface area contributed by atoms with E-state index in [0.717, 1.165) is 47.7 Å². The standard InChI is InChI=1S/C30H41N7O2S/c1-19-16-30(3,4)36(17-19)28-24(29(38)34-40-25-18-35(5)32-20(25)2)10-11-26(31-28)37-14-12-27(33-37)39-15-13-23(21-6-7-21)22-8-9-22/h10-12,14,18-19,21-23H,6-9,13,15-17H2,1-5H3,(H,34,38). The van der Waals surface area contributed by atoms with Crippen LogP contribution in [0.3, 0.4) is 0 Å². The normalized spacial score (nSPS) is 20.4. The van der Waals surface area contributed by atoms with Gasteiger partial charge in [-0.3, -0.25) is 14.2 Å². The topological polar surface area (TPSA) is 90.1 Å². The minimum absolute atomic E-state index is 0.120. The monoisotopic (exact) mass is 563 g/mol. The van der Waals surface area contributed by atoms with Crippen LogP contribution in [0.4, 0.5) is 5.82 Å². The summed E-state index contributed by atoms with van der Waals surface area (Å²) >= 11 is 1.28. The van der Waals surface area contributed by atoms with Crippen molar-refractivity contribution in [3.05, 3.63) is 41.9 Å². The van der Waals surface area contributed by atoms with Crippen LogP contribution in [0.25, 0.3) is 5.82 Å². The first-order chi connectivity index (χ1) is 19.2. The molecule has 2 saturated carbocycles. The number of hydrogen-bond acceptors (Lipinski definition) is 7. The van der Waals surface area contributed by atoms with Crippen molar-refractivity contribution in [1.82, 2.24) is 29.3 Å². The number of rotatable bonds is 11. The van der Waals surface area contributed by atoms with Crippen molar-refractivity contribution in [3.63, 3.8) is 0 Å². The molecule has 0 bridgehead atoms. The number of hydrogen-bond donors (Lipinski definition) is 1. The van der Waals surface area contributed by atoms with Gasteiger partial charge in [0, 0.05) is 37.6 Å². The van der Waals surface area contributed by atoms with Gasteiger partial charge in [0.1, 0.15) is 5.82 Å². The number of anilines is 1. The lowest BCUT2D eigenvalue weighted by Gasteiger charge is -2.34. The van der Waals surface area contributed by atoms with E-state index < -0.39 is 0 Å². The van der Waals surface area contributed by atoms with Gasteiger partial charge < -0.3 is 9.64 Å². The number of carbonyl (C=O) groups excluding carboxylic acids is 1. The fourth-order valence-corrected chi connectivity index (χ4v) is 7.17. The third-order valence-electron chi connectivity index (χ3n) is 8.61. The summed E-state index contributed by atoms with van der Waals surface area (Å²) < 4.78 is 12.6. The first-order valence-electron chi connectivity index (χ1n) is 14.6. The summed E-state index contributed by atoms with van der Waals surface area (Å²) in [6.45, 7) is 10.2. The molecule has 6 rings (SSSR count). The van der Waals surface area contributed by atoms with Crippen LogP contribution >= 0.6 is 11.9 Å². The third-order valence-corrected chi connectivity index (χ3v) is 9.52. The average Bonchev–Trinajstić information content (AvgIpc) is 3.83. The smallest absolute Gasteiger partial charge is 0.265 e. The Hall–Kier alpha value is -3.01. The van der Waals surface area contributed by atoms with Crippen LogP contribution in [-0.2, 0) is 7.05 Å². The van der Waals surface area contributed by atoms with E-state index in [9.17, 15) is 4.79 Å². The molecular weight excluding hydrogens is 522 g/mol. The van der Waals surface area contributed by atoms with Crippen molar-refractivity contribution < 1.29 is 9.53 Å². The molecule has 0 aromatic carbocycles. The molecule has 214 valence electrons. The first-order valence-corrected chi connectivity index (χ1v) is 15.4. The van der Waals surface area contributed by atoms with Gasteiger partial charge in [-0.25, -0.2) is 9.67 Å². The highest BCUT2D eigenvalue weighted by atomic mass is 32.2. The van der Waals surface area contributed by atoms with Crippen molar-refractivity contribution in [2.45, 2.75) is 76.7 Å². The molecule has 1 unspecified atom stereocenters. The summed E-state index contributed by atoms with van der Waals surface area (Å²) in [7, 11) is 1.88. The van der Waals surface area contributed by atoms with Gasteiger partial charge >= 0.3 is 0 Å². The number of amides is 1. The molecule has 3 aromatic rings. The third kappa shape index (κ3) is 5.87. The predicted molar refractivity (Wildman–Crippen MR) is 157 cm³/mol. The van der Waals surface area contributed by atoms with Gasteiger partial charge in [-0.05, 0) is 107 Å². The van der Waals surface area contributed by atoms with Crippen molar-refractivity contribution in [1.29, 1.82) is 0 Å². The molecule has 9 nitrogen and oxygen atoms in total. The van der Waals surface area contributed by atoms with Crippen LogP contribution in [0.15, 0.2) is 35.5 Å². The largest absolute Gasteiger partial charge is 0.477 e. The molecule has 0 spiro atoms. The number of aromatic nitrogens is 5. The number of pyridine rings is 1. The number of aryl methyl sites for hydroxylation is 2. The second-order valence-electron chi connectivity index (χ2n) is 12.6. The first kappa shape index (κ1) is 27.2. The van der Waals surface area contributed by atoms with Gasteiger partial charge in [0.2, 0.25) is 5.88 Å². The number of nitrogens with zero attached hydrogens (tertiary/aromatic N) is 6. The summed E-state index contributed by atoms with van der Waals surface area (Å²) in [6, 6.07) is 5.62.